The second-order valence-electron chi connectivity index (χ2n) is 7.11. The molecule has 1 aliphatic heterocycles. The van der Waals surface area contributed by atoms with E-state index in [2.05, 4.69) is 5.32 Å². The highest BCUT2D eigenvalue weighted by Gasteiger charge is 2.31. The number of benzene rings is 1. The van der Waals surface area contributed by atoms with E-state index < -0.39 is 17.6 Å². The maximum atomic E-state index is 12.2. The van der Waals surface area contributed by atoms with Crippen LogP contribution in [0.5, 0.6) is 5.75 Å². The summed E-state index contributed by atoms with van der Waals surface area (Å²) in [5.41, 5.74) is -0.277. The van der Waals surface area contributed by atoms with Gasteiger partial charge in [0, 0.05) is 13.1 Å². The lowest BCUT2D eigenvalue weighted by molar-refractivity contribution is -0.138. The zero-order valence-electron chi connectivity index (χ0n) is 15.5. The highest BCUT2D eigenvalue weighted by Crippen LogP contribution is 2.24. The molecule has 3 amide bonds. The van der Waals surface area contributed by atoms with Crippen molar-refractivity contribution in [1.29, 1.82) is 5.26 Å². The van der Waals surface area contributed by atoms with Crippen molar-refractivity contribution in [3.63, 3.8) is 0 Å². The number of aromatic hydroxyl groups is 1. The predicted molar refractivity (Wildman–Crippen MR) is 95.8 cm³/mol. The maximum absolute atomic E-state index is 12.2. The number of rotatable bonds is 3. The molecule has 144 valence electrons. The summed E-state index contributed by atoms with van der Waals surface area (Å²) in [5, 5.41) is 21.1. The Bertz CT molecular complexity index is 794. The Morgan fingerprint density at radius 2 is 2.04 bits per heavy atom. The number of hydrogen-bond donors (Lipinski definition) is 2. The first-order valence-corrected chi connectivity index (χ1v) is 8.38. The summed E-state index contributed by atoms with van der Waals surface area (Å²) >= 11 is 0. The molecule has 0 bridgehead atoms. The van der Waals surface area contributed by atoms with Gasteiger partial charge in [0.1, 0.15) is 17.9 Å². The molecule has 2 N–H and O–H groups in total. The van der Waals surface area contributed by atoms with Crippen molar-refractivity contribution < 1.29 is 24.2 Å². The molecule has 0 atom stereocenters. The molecule has 1 heterocycles. The molecule has 0 radical (unpaired) electrons. The molecule has 0 aromatic heterocycles. The number of anilines is 1. The molecular formula is C18H22N4O5. The lowest BCUT2D eigenvalue weighted by Gasteiger charge is -2.34. The summed E-state index contributed by atoms with van der Waals surface area (Å²) in [4.78, 5) is 39.1. The van der Waals surface area contributed by atoms with E-state index in [1.807, 2.05) is 6.07 Å². The summed E-state index contributed by atoms with van der Waals surface area (Å²) in [6.07, 6.45) is -0.571. The van der Waals surface area contributed by atoms with Crippen LogP contribution in [0.2, 0.25) is 0 Å². The van der Waals surface area contributed by atoms with Gasteiger partial charge in [0.25, 0.3) is 0 Å². The molecule has 1 aromatic rings. The minimum atomic E-state index is -0.656. The Morgan fingerprint density at radius 3 is 2.63 bits per heavy atom. The second-order valence-corrected chi connectivity index (χ2v) is 7.11. The van der Waals surface area contributed by atoms with E-state index in [1.165, 1.54) is 28.0 Å². The van der Waals surface area contributed by atoms with Gasteiger partial charge in [-0.1, -0.05) is 0 Å². The van der Waals surface area contributed by atoms with Crippen LogP contribution in [0.3, 0.4) is 0 Å². The third-order valence-electron chi connectivity index (χ3n) is 3.70. The quantitative estimate of drug-likeness (QED) is 0.769. The van der Waals surface area contributed by atoms with E-state index in [9.17, 15) is 19.5 Å². The monoisotopic (exact) mass is 374 g/mol. The van der Waals surface area contributed by atoms with Crippen LogP contribution in [0.4, 0.5) is 10.5 Å². The van der Waals surface area contributed by atoms with Gasteiger partial charge in [-0.25, -0.2) is 4.79 Å². The average molecular weight is 374 g/mol. The van der Waals surface area contributed by atoms with Crippen molar-refractivity contribution in [2.24, 2.45) is 0 Å². The van der Waals surface area contributed by atoms with E-state index in [1.54, 1.807) is 20.8 Å². The third-order valence-corrected chi connectivity index (χ3v) is 3.70. The molecule has 1 aliphatic rings. The van der Waals surface area contributed by atoms with Crippen LogP contribution < -0.4 is 5.32 Å². The number of carbonyl (C=O) groups is 3. The van der Waals surface area contributed by atoms with Gasteiger partial charge in [0.15, 0.2) is 0 Å². The fourth-order valence-corrected chi connectivity index (χ4v) is 2.43. The minimum Gasteiger partial charge on any atom is -0.506 e. The third kappa shape index (κ3) is 5.60. The first kappa shape index (κ1) is 20.0. The molecule has 9 heteroatoms. The molecule has 0 spiro atoms. The first-order chi connectivity index (χ1) is 12.6. The molecule has 2 rings (SSSR count). The van der Waals surface area contributed by atoms with Crippen LogP contribution in [-0.2, 0) is 14.3 Å². The van der Waals surface area contributed by atoms with Gasteiger partial charge in [-0.05, 0) is 39.0 Å². The number of phenolic OH excluding ortho intramolecular Hbond substituents is 1. The Kier molecular flexibility index (Phi) is 5.90. The minimum absolute atomic E-state index is 0.0962. The van der Waals surface area contributed by atoms with E-state index >= 15 is 0 Å². The average Bonchev–Trinajstić information content (AvgIpc) is 2.57. The van der Waals surface area contributed by atoms with Crippen molar-refractivity contribution in [1.82, 2.24) is 9.80 Å². The summed E-state index contributed by atoms with van der Waals surface area (Å²) in [6, 6.07) is 5.98. The Hall–Kier alpha value is -3.28. The van der Waals surface area contributed by atoms with E-state index in [0.717, 1.165) is 0 Å². The molecule has 1 saturated heterocycles. The number of amides is 3. The number of nitriles is 1. The van der Waals surface area contributed by atoms with Gasteiger partial charge in [0.05, 0.1) is 23.9 Å². The topological polar surface area (TPSA) is 123 Å². The fraction of sp³-hybridized carbons (Fsp3) is 0.444. The van der Waals surface area contributed by atoms with Gasteiger partial charge in [-0.15, -0.1) is 0 Å². The molecule has 0 aliphatic carbocycles. The Morgan fingerprint density at radius 1 is 1.33 bits per heavy atom. The van der Waals surface area contributed by atoms with Crippen molar-refractivity contribution in [3.05, 3.63) is 23.8 Å². The van der Waals surface area contributed by atoms with Crippen molar-refractivity contribution in [2.45, 2.75) is 26.4 Å². The Labute approximate surface area is 157 Å². The van der Waals surface area contributed by atoms with Gasteiger partial charge in [-0.3, -0.25) is 14.5 Å². The van der Waals surface area contributed by atoms with Crippen LogP contribution in [0.25, 0.3) is 0 Å². The highest BCUT2D eigenvalue weighted by molar-refractivity contribution is 5.96. The van der Waals surface area contributed by atoms with Gasteiger partial charge < -0.3 is 20.1 Å². The van der Waals surface area contributed by atoms with Crippen LogP contribution in [0.15, 0.2) is 18.2 Å². The SMILES string of the molecule is CC(C)(C)OC(=O)N1CCN(CC(=O)Nc2cc(C#N)ccc2O)C(=O)C1. The Balaban J connectivity index is 1.92. The lowest BCUT2D eigenvalue weighted by atomic mass is 10.2. The van der Waals surface area contributed by atoms with Gasteiger partial charge in [-0.2, -0.15) is 5.26 Å². The number of ether oxygens (including phenoxy) is 1. The second kappa shape index (κ2) is 7.95. The molecule has 27 heavy (non-hydrogen) atoms. The smallest absolute Gasteiger partial charge is 0.410 e. The summed E-state index contributed by atoms with van der Waals surface area (Å²) in [6.45, 7) is 5.27. The predicted octanol–water partition coefficient (Wildman–Crippen LogP) is 1.28. The molecular weight excluding hydrogens is 352 g/mol. The van der Waals surface area contributed by atoms with Crippen LogP contribution >= 0.6 is 0 Å². The molecule has 0 saturated carbocycles. The molecule has 1 aromatic carbocycles. The van der Waals surface area contributed by atoms with Gasteiger partial charge >= 0.3 is 6.09 Å². The zero-order chi connectivity index (χ0) is 20.2. The number of nitrogens with zero attached hydrogens (tertiary/aromatic N) is 3. The number of phenols is 1. The number of hydrogen-bond acceptors (Lipinski definition) is 6. The first-order valence-electron chi connectivity index (χ1n) is 8.38. The molecule has 9 nitrogen and oxygen atoms in total. The van der Waals surface area contributed by atoms with Crippen LogP contribution in [0.1, 0.15) is 26.3 Å². The van der Waals surface area contributed by atoms with Crippen molar-refractivity contribution in [3.8, 4) is 11.8 Å². The summed E-state index contributed by atoms with van der Waals surface area (Å²) in [7, 11) is 0. The van der Waals surface area contributed by atoms with E-state index in [0.29, 0.717) is 0 Å². The van der Waals surface area contributed by atoms with E-state index in [-0.39, 0.29) is 49.1 Å². The number of nitrogens with one attached hydrogen (secondary N) is 1. The molecule has 1 fully saturated rings. The fourth-order valence-electron chi connectivity index (χ4n) is 2.43. The number of carbonyl (C=O) groups excluding carboxylic acids is 3. The van der Waals surface area contributed by atoms with E-state index in [4.69, 9.17) is 10.00 Å². The largest absolute Gasteiger partial charge is 0.506 e. The lowest BCUT2D eigenvalue weighted by Crippen LogP contribution is -2.54. The van der Waals surface area contributed by atoms with Crippen molar-refractivity contribution >= 4 is 23.6 Å². The maximum Gasteiger partial charge on any atom is 0.410 e. The van der Waals surface area contributed by atoms with Crippen LogP contribution in [0, 0.1) is 11.3 Å². The van der Waals surface area contributed by atoms with Gasteiger partial charge in [0.2, 0.25) is 11.8 Å². The zero-order valence-corrected chi connectivity index (χ0v) is 15.5. The normalized spacial score (nSPS) is 14.5. The number of piperazine rings is 1. The standard InChI is InChI=1S/C18H22N4O5/c1-18(2,3)27-17(26)22-7-6-21(16(25)11-22)10-15(24)20-13-8-12(9-19)4-5-14(13)23/h4-5,8,23H,6-7,10-11H2,1-3H3,(H,20,24). The summed E-state index contributed by atoms with van der Waals surface area (Å²) < 4.78 is 5.24. The van der Waals surface area contributed by atoms with Crippen molar-refractivity contribution in [2.75, 3.05) is 31.5 Å². The summed E-state index contributed by atoms with van der Waals surface area (Å²) in [5.74, 6) is -1.07. The van der Waals surface area contributed by atoms with Crippen LogP contribution in [-0.4, -0.2) is 64.6 Å². The molecule has 0 unspecified atom stereocenters. The highest BCUT2D eigenvalue weighted by atomic mass is 16.6.